The van der Waals surface area contributed by atoms with Crippen LogP contribution in [0.15, 0.2) is 29.3 Å². The maximum atomic E-state index is 13.7. The molecule has 0 atom stereocenters. The van der Waals surface area contributed by atoms with Crippen molar-refractivity contribution in [1.82, 2.24) is 10.2 Å². The lowest BCUT2D eigenvalue weighted by Gasteiger charge is -2.26. The van der Waals surface area contributed by atoms with Crippen molar-refractivity contribution in [3.8, 4) is 0 Å². The third-order valence-electron chi connectivity index (χ3n) is 4.27. The van der Waals surface area contributed by atoms with Gasteiger partial charge in [0.2, 0.25) is 0 Å². The molecule has 1 aromatic carbocycles. The van der Waals surface area contributed by atoms with Crippen molar-refractivity contribution >= 4 is 29.9 Å². The van der Waals surface area contributed by atoms with Gasteiger partial charge in [0.05, 0.1) is 6.54 Å². The lowest BCUT2D eigenvalue weighted by molar-refractivity contribution is 0.0625. The van der Waals surface area contributed by atoms with Gasteiger partial charge in [-0.05, 0) is 38.2 Å². The molecule has 0 aliphatic carbocycles. The van der Waals surface area contributed by atoms with E-state index >= 15 is 0 Å². The van der Waals surface area contributed by atoms with E-state index in [1.54, 1.807) is 12.1 Å². The van der Waals surface area contributed by atoms with E-state index in [9.17, 15) is 4.39 Å². The number of hydrogen-bond donors (Lipinski definition) is 1. The van der Waals surface area contributed by atoms with Crippen molar-refractivity contribution in [2.24, 2.45) is 10.9 Å². The lowest BCUT2D eigenvalue weighted by Crippen LogP contribution is -2.40. The summed E-state index contributed by atoms with van der Waals surface area (Å²) >= 11 is 0. The summed E-state index contributed by atoms with van der Waals surface area (Å²) in [6, 6.07) is 6.81. The van der Waals surface area contributed by atoms with Gasteiger partial charge < -0.3 is 15.0 Å². The van der Waals surface area contributed by atoms with Crippen LogP contribution in [0.5, 0.6) is 0 Å². The third kappa shape index (κ3) is 6.93. The maximum Gasteiger partial charge on any atom is 0.193 e. The Labute approximate surface area is 161 Å². The molecule has 1 aromatic rings. The second-order valence-electron chi connectivity index (χ2n) is 6.03. The molecule has 0 unspecified atom stereocenters. The number of hydrogen-bond acceptors (Lipinski definition) is 2. The molecule has 0 amide bonds. The molecule has 1 saturated heterocycles. The predicted molar refractivity (Wildman–Crippen MR) is 107 cm³/mol. The lowest BCUT2D eigenvalue weighted by atomic mass is 9.96. The minimum atomic E-state index is -0.197. The number of ether oxygens (including phenoxy) is 1. The molecule has 2 rings (SSSR count). The molecule has 1 fully saturated rings. The van der Waals surface area contributed by atoms with Crippen LogP contribution in [-0.4, -0.2) is 44.2 Å². The van der Waals surface area contributed by atoms with Crippen molar-refractivity contribution < 1.29 is 9.13 Å². The molecule has 24 heavy (non-hydrogen) atoms. The molecule has 0 bridgehead atoms. The fourth-order valence-electron chi connectivity index (χ4n) is 2.77. The number of halogens is 2. The van der Waals surface area contributed by atoms with E-state index in [0.717, 1.165) is 57.4 Å². The van der Waals surface area contributed by atoms with Gasteiger partial charge in [-0.3, -0.25) is 0 Å². The molecule has 4 nitrogen and oxygen atoms in total. The van der Waals surface area contributed by atoms with Crippen LogP contribution in [0.4, 0.5) is 4.39 Å². The number of rotatable bonds is 6. The fourth-order valence-corrected chi connectivity index (χ4v) is 2.77. The van der Waals surface area contributed by atoms with E-state index in [1.165, 1.54) is 6.07 Å². The van der Waals surface area contributed by atoms with Gasteiger partial charge in [0.25, 0.3) is 0 Å². The Balaban J connectivity index is 0.00000288. The normalized spacial score (nSPS) is 15.7. The van der Waals surface area contributed by atoms with Gasteiger partial charge in [-0.1, -0.05) is 18.2 Å². The Hall–Kier alpha value is -0.890. The van der Waals surface area contributed by atoms with Crippen LogP contribution in [0.25, 0.3) is 0 Å². The Morgan fingerprint density at radius 3 is 2.71 bits per heavy atom. The van der Waals surface area contributed by atoms with Crippen LogP contribution in [0, 0.1) is 11.7 Å². The SMILES string of the molecule is CCNC(=NCc1ccccc1F)N(C)CCC1CCOCC1.I. The zero-order valence-electron chi connectivity index (χ0n) is 14.6. The Bertz CT molecular complexity index is 507. The van der Waals surface area contributed by atoms with Crippen molar-refractivity contribution in [2.75, 3.05) is 33.4 Å². The van der Waals surface area contributed by atoms with Crippen LogP contribution >= 0.6 is 24.0 Å². The van der Waals surface area contributed by atoms with Gasteiger partial charge in [-0.15, -0.1) is 24.0 Å². The van der Waals surface area contributed by atoms with E-state index in [1.807, 2.05) is 20.0 Å². The average molecular weight is 449 g/mol. The van der Waals surface area contributed by atoms with Crippen molar-refractivity contribution in [2.45, 2.75) is 32.7 Å². The van der Waals surface area contributed by atoms with E-state index in [0.29, 0.717) is 12.1 Å². The maximum absolute atomic E-state index is 13.7. The molecular formula is C18H29FIN3O. The molecule has 0 aromatic heterocycles. The number of nitrogens with zero attached hydrogens (tertiary/aromatic N) is 2. The Morgan fingerprint density at radius 1 is 1.33 bits per heavy atom. The first-order chi connectivity index (χ1) is 11.2. The highest BCUT2D eigenvalue weighted by Gasteiger charge is 2.15. The zero-order valence-corrected chi connectivity index (χ0v) is 17.0. The van der Waals surface area contributed by atoms with Gasteiger partial charge >= 0.3 is 0 Å². The van der Waals surface area contributed by atoms with E-state index in [4.69, 9.17) is 4.74 Å². The highest BCUT2D eigenvalue weighted by Crippen LogP contribution is 2.18. The molecule has 1 aliphatic rings. The first-order valence-corrected chi connectivity index (χ1v) is 8.51. The average Bonchev–Trinajstić information content (AvgIpc) is 2.58. The van der Waals surface area contributed by atoms with E-state index in [-0.39, 0.29) is 29.8 Å². The Kier molecular flexibility index (Phi) is 10.2. The third-order valence-corrected chi connectivity index (χ3v) is 4.27. The van der Waals surface area contributed by atoms with Crippen LogP contribution in [0.3, 0.4) is 0 Å². The number of nitrogens with one attached hydrogen (secondary N) is 1. The molecular weight excluding hydrogens is 420 g/mol. The standard InChI is InChI=1S/C18H28FN3O.HI/c1-3-20-18(21-14-16-6-4-5-7-17(16)19)22(2)11-8-15-9-12-23-13-10-15;/h4-7,15H,3,8-14H2,1-2H3,(H,20,21);1H. The molecule has 0 radical (unpaired) electrons. The monoisotopic (exact) mass is 449 g/mol. The van der Waals surface area contributed by atoms with Gasteiger partial charge in [-0.2, -0.15) is 0 Å². The summed E-state index contributed by atoms with van der Waals surface area (Å²) < 4.78 is 19.1. The Morgan fingerprint density at radius 2 is 2.04 bits per heavy atom. The molecule has 0 saturated carbocycles. The summed E-state index contributed by atoms with van der Waals surface area (Å²) in [7, 11) is 2.04. The topological polar surface area (TPSA) is 36.9 Å². The smallest absolute Gasteiger partial charge is 0.193 e. The fraction of sp³-hybridized carbons (Fsp3) is 0.611. The molecule has 136 valence electrons. The molecule has 6 heteroatoms. The zero-order chi connectivity index (χ0) is 16.5. The summed E-state index contributed by atoms with van der Waals surface area (Å²) in [5, 5.41) is 3.29. The first kappa shape index (κ1) is 21.2. The highest BCUT2D eigenvalue weighted by molar-refractivity contribution is 14.0. The van der Waals surface area contributed by atoms with E-state index in [2.05, 4.69) is 15.2 Å². The number of benzene rings is 1. The summed E-state index contributed by atoms with van der Waals surface area (Å²) in [4.78, 5) is 6.71. The van der Waals surface area contributed by atoms with E-state index < -0.39 is 0 Å². The van der Waals surface area contributed by atoms with Crippen molar-refractivity contribution in [3.05, 3.63) is 35.6 Å². The minimum absolute atomic E-state index is 0. The predicted octanol–water partition coefficient (Wildman–Crippen LogP) is 3.66. The number of guanidine groups is 1. The van der Waals surface area contributed by atoms with Crippen LogP contribution in [0.1, 0.15) is 31.7 Å². The molecule has 1 N–H and O–H groups in total. The van der Waals surface area contributed by atoms with Gasteiger partial charge in [0.15, 0.2) is 5.96 Å². The van der Waals surface area contributed by atoms with Crippen molar-refractivity contribution in [3.63, 3.8) is 0 Å². The largest absolute Gasteiger partial charge is 0.381 e. The molecule has 1 aliphatic heterocycles. The summed E-state index contributed by atoms with van der Waals surface area (Å²) in [6.45, 7) is 5.93. The minimum Gasteiger partial charge on any atom is -0.381 e. The van der Waals surface area contributed by atoms with Gasteiger partial charge in [0, 0.05) is 38.9 Å². The summed E-state index contributed by atoms with van der Waals surface area (Å²) in [5.41, 5.74) is 0.626. The van der Waals surface area contributed by atoms with Crippen LogP contribution in [0.2, 0.25) is 0 Å². The highest BCUT2D eigenvalue weighted by atomic mass is 127. The molecule has 1 heterocycles. The number of aliphatic imine (C=N–C) groups is 1. The second-order valence-corrected chi connectivity index (χ2v) is 6.03. The second kappa shape index (κ2) is 11.6. The van der Waals surface area contributed by atoms with Crippen LogP contribution in [-0.2, 0) is 11.3 Å². The first-order valence-electron chi connectivity index (χ1n) is 8.51. The summed E-state index contributed by atoms with van der Waals surface area (Å²) in [6.07, 6.45) is 3.44. The van der Waals surface area contributed by atoms with Crippen molar-refractivity contribution in [1.29, 1.82) is 0 Å². The van der Waals surface area contributed by atoms with Gasteiger partial charge in [0.1, 0.15) is 5.82 Å². The summed E-state index contributed by atoms with van der Waals surface area (Å²) in [5.74, 6) is 1.38. The quantitative estimate of drug-likeness (QED) is 0.409. The van der Waals surface area contributed by atoms with Gasteiger partial charge in [-0.25, -0.2) is 9.38 Å². The van der Waals surface area contributed by atoms with Crippen LogP contribution < -0.4 is 5.32 Å². The molecule has 0 spiro atoms.